The lowest BCUT2D eigenvalue weighted by molar-refractivity contribution is 0.0556. The Kier molecular flexibility index (Phi) is 2.89. The molecule has 0 spiro atoms. The fourth-order valence-electron chi connectivity index (χ4n) is 0.755. The van der Waals surface area contributed by atoms with Gasteiger partial charge in [0.2, 0.25) is 0 Å². The molecule has 0 aliphatic rings. The molecule has 0 amide bonds. The van der Waals surface area contributed by atoms with Crippen molar-refractivity contribution in [3.05, 3.63) is 21.9 Å². The third-order valence-corrected chi connectivity index (χ3v) is 2.22. The van der Waals surface area contributed by atoms with Crippen LogP contribution in [0.5, 0.6) is 0 Å². The Morgan fingerprint density at radius 3 is 3.00 bits per heavy atom. The first-order chi connectivity index (χ1) is 5.75. The van der Waals surface area contributed by atoms with Gasteiger partial charge in [-0.3, -0.25) is 0 Å². The number of carbonyl (C=O) groups is 1. The van der Waals surface area contributed by atoms with Crippen LogP contribution in [0.3, 0.4) is 0 Å². The minimum absolute atomic E-state index is 0.0358. The van der Waals surface area contributed by atoms with Crippen LogP contribution in [-0.2, 0) is 4.74 Å². The normalized spacial score (nSPS) is 9.00. The Bertz CT molecular complexity index is 320. The van der Waals surface area contributed by atoms with Crippen LogP contribution in [0.4, 0.5) is 0 Å². The van der Waals surface area contributed by atoms with Gasteiger partial charge in [0.25, 0.3) is 0 Å². The van der Waals surface area contributed by atoms with Gasteiger partial charge < -0.3 is 4.74 Å². The van der Waals surface area contributed by atoms with Crippen molar-refractivity contribution < 1.29 is 9.53 Å². The summed E-state index contributed by atoms with van der Waals surface area (Å²) in [5.74, 6) is 1.90. The van der Waals surface area contributed by atoms with Crippen LogP contribution < -0.4 is 0 Å². The summed E-state index contributed by atoms with van der Waals surface area (Å²) in [5, 5.41) is 3.65. The van der Waals surface area contributed by atoms with E-state index in [9.17, 15) is 4.79 Å². The van der Waals surface area contributed by atoms with Gasteiger partial charge in [0.15, 0.2) is 6.61 Å². The highest BCUT2D eigenvalue weighted by Crippen LogP contribution is 2.14. The van der Waals surface area contributed by atoms with Crippen LogP contribution in [0.2, 0.25) is 0 Å². The Labute approximate surface area is 75.2 Å². The first-order valence-corrected chi connectivity index (χ1v) is 4.33. The van der Waals surface area contributed by atoms with Crippen molar-refractivity contribution in [3.63, 3.8) is 0 Å². The van der Waals surface area contributed by atoms with Crippen molar-refractivity contribution in [1.82, 2.24) is 0 Å². The Morgan fingerprint density at radius 1 is 1.75 bits per heavy atom. The smallest absolute Gasteiger partial charge is 0.340 e. The number of hydrogen-bond acceptors (Lipinski definition) is 3. The second-order valence-corrected chi connectivity index (χ2v) is 2.99. The quantitative estimate of drug-likeness (QED) is 0.513. The van der Waals surface area contributed by atoms with Crippen LogP contribution in [-0.4, -0.2) is 12.6 Å². The molecule has 1 aromatic heterocycles. The van der Waals surface area contributed by atoms with Crippen LogP contribution >= 0.6 is 11.3 Å². The third kappa shape index (κ3) is 1.86. The number of thiophene rings is 1. The van der Waals surface area contributed by atoms with E-state index in [1.54, 1.807) is 5.38 Å². The molecule has 1 aromatic rings. The number of rotatable bonds is 2. The molecule has 0 saturated carbocycles. The zero-order chi connectivity index (χ0) is 8.97. The van der Waals surface area contributed by atoms with Crippen molar-refractivity contribution in [2.45, 2.75) is 6.92 Å². The molecule has 0 N–H and O–H groups in total. The van der Waals surface area contributed by atoms with E-state index >= 15 is 0 Å². The van der Waals surface area contributed by atoms with E-state index in [-0.39, 0.29) is 12.6 Å². The van der Waals surface area contributed by atoms with Crippen LogP contribution in [0.15, 0.2) is 10.8 Å². The maximum atomic E-state index is 11.2. The van der Waals surface area contributed by atoms with Gasteiger partial charge in [-0.1, -0.05) is 5.92 Å². The lowest BCUT2D eigenvalue weighted by Crippen LogP contribution is -2.05. The number of terminal acetylenes is 1. The largest absolute Gasteiger partial charge is 0.449 e. The number of ether oxygens (including phenoxy) is 1. The van der Waals surface area contributed by atoms with E-state index in [4.69, 9.17) is 11.2 Å². The molecule has 3 heteroatoms. The van der Waals surface area contributed by atoms with Gasteiger partial charge in [0.1, 0.15) is 0 Å². The molecule has 0 aliphatic carbocycles. The fourth-order valence-corrected chi connectivity index (χ4v) is 1.57. The molecule has 0 fully saturated rings. The maximum Gasteiger partial charge on any atom is 0.340 e. The summed E-state index contributed by atoms with van der Waals surface area (Å²) in [6, 6.07) is 0. The van der Waals surface area contributed by atoms with Crippen molar-refractivity contribution in [2.75, 3.05) is 6.61 Å². The molecule has 0 bridgehead atoms. The molecular weight excluding hydrogens is 172 g/mol. The van der Waals surface area contributed by atoms with E-state index < -0.39 is 0 Å². The lowest BCUT2D eigenvalue weighted by Gasteiger charge is -1.98. The molecule has 62 valence electrons. The number of hydrogen-bond donors (Lipinski definition) is 0. The molecular formula is C9H8O2S. The minimum atomic E-state index is -0.341. The van der Waals surface area contributed by atoms with E-state index in [1.807, 2.05) is 12.3 Å². The first kappa shape index (κ1) is 8.82. The average Bonchev–Trinajstić information content (AvgIpc) is 2.47. The molecule has 0 radical (unpaired) electrons. The molecule has 0 aliphatic heterocycles. The third-order valence-electron chi connectivity index (χ3n) is 1.36. The summed E-state index contributed by atoms with van der Waals surface area (Å²) in [6.07, 6.45) is 4.94. The van der Waals surface area contributed by atoms with Gasteiger partial charge in [-0.2, -0.15) is 11.3 Å². The highest BCUT2D eigenvalue weighted by atomic mass is 32.1. The second-order valence-electron chi connectivity index (χ2n) is 2.25. The van der Waals surface area contributed by atoms with Crippen LogP contribution in [0.1, 0.15) is 15.9 Å². The SMILES string of the molecule is C#CCOC(=O)c1cscc1C. The fraction of sp³-hybridized carbons (Fsp3) is 0.222. The molecule has 12 heavy (non-hydrogen) atoms. The van der Waals surface area contributed by atoms with Gasteiger partial charge in [0, 0.05) is 5.38 Å². The molecule has 0 unspecified atom stereocenters. The molecule has 0 saturated heterocycles. The summed E-state index contributed by atoms with van der Waals surface area (Å²) >= 11 is 1.48. The topological polar surface area (TPSA) is 26.3 Å². The molecule has 2 nitrogen and oxygen atoms in total. The lowest BCUT2D eigenvalue weighted by atomic mass is 10.2. The van der Waals surface area contributed by atoms with Crippen LogP contribution in [0.25, 0.3) is 0 Å². The highest BCUT2D eigenvalue weighted by molar-refractivity contribution is 7.08. The highest BCUT2D eigenvalue weighted by Gasteiger charge is 2.09. The van der Waals surface area contributed by atoms with Crippen LogP contribution in [0, 0.1) is 19.3 Å². The zero-order valence-electron chi connectivity index (χ0n) is 6.66. The van der Waals surface area contributed by atoms with Crippen molar-refractivity contribution in [2.24, 2.45) is 0 Å². The van der Waals surface area contributed by atoms with Crippen molar-refractivity contribution in [3.8, 4) is 12.3 Å². The Balaban J connectivity index is 2.67. The van der Waals surface area contributed by atoms with Gasteiger partial charge in [-0.25, -0.2) is 4.79 Å². The second kappa shape index (κ2) is 3.93. The van der Waals surface area contributed by atoms with Gasteiger partial charge in [0.05, 0.1) is 5.56 Å². The summed E-state index contributed by atoms with van der Waals surface area (Å²) in [7, 11) is 0. The minimum Gasteiger partial charge on any atom is -0.449 e. The summed E-state index contributed by atoms with van der Waals surface area (Å²) in [6.45, 7) is 1.90. The van der Waals surface area contributed by atoms with Crippen molar-refractivity contribution >= 4 is 17.3 Å². The zero-order valence-corrected chi connectivity index (χ0v) is 7.48. The van der Waals surface area contributed by atoms with E-state index in [0.717, 1.165) is 5.56 Å². The van der Waals surface area contributed by atoms with Gasteiger partial charge in [-0.05, 0) is 17.9 Å². The molecule has 1 rings (SSSR count). The van der Waals surface area contributed by atoms with E-state index in [0.29, 0.717) is 5.56 Å². The van der Waals surface area contributed by atoms with E-state index in [1.165, 1.54) is 11.3 Å². The standard InChI is InChI=1S/C9H8O2S/c1-3-4-11-9(10)8-6-12-5-7(8)2/h1,5-6H,4H2,2H3. The predicted octanol–water partition coefficient (Wildman–Crippen LogP) is 1.85. The van der Waals surface area contributed by atoms with Gasteiger partial charge >= 0.3 is 5.97 Å². The number of carbonyl (C=O) groups excluding carboxylic acids is 1. The van der Waals surface area contributed by atoms with Gasteiger partial charge in [-0.15, -0.1) is 6.42 Å². The monoisotopic (exact) mass is 180 g/mol. The van der Waals surface area contributed by atoms with Crippen molar-refractivity contribution in [1.29, 1.82) is 0 Å². The summed E-state index contributed by atoms with van der Waals surface area (Å²) < 4.78 is 4.75. The summed E-state index contributed by atoms with van der Waals surface area (Å²) in [4.78, 5) is 11.2. The molecule has 0 atom stereocenters. The number of aryl methyl sites for hydroxylation is 1. The Morgan fingerprint density at radius 2 is 2.50 bits per heavy atom. The molecule has 0 aromatic carbocycles. The number of esters is 1. The summed E-state index contributed by atoms with van der Waals surface area (Å²) in [5.41, 5.74) is 1.54. The first-order valence-electron chi connectivity index (χ1n) is 3.39. The predicted molar refractivity (Wildman–Crippen MR) is 48.2 cm³/mol. The maximum absolute atomic E-state index is 11.2. The van der Waals surface area contributed by atoms with E-state index in [2.05, 4.69) is 5.92 Å². The average molecular weight is 180 g/mol. The molecule has 1 heterocycles. The Hall–Kier alpha value is -1.27.